The van der Waals surface area contributed by atoms with E-state index in [4.69, 9.17) is 4.74 Å². The maximum atomic E-state index is 14.2. The van der Waals surface area contributed by atoms with Gasteiger partial charge in [0, 0.05) is 18.5 Å². The second-order valence-electron chi connectivity index (χ2n) is 10.9. The second kappa shape index (κ2) is 10.9. The number of ketones is 1. The number of ether oxygens (including phenoxy) is 1. The number of aryl methyl sites for hydroxylation is 3. The number of rotatable bonds is 10. The monoisotopic (exact) mass is 555 g/mol. The molecule has 0 spiro atoms. The first kappa shape index (κ1) is 28.4. The van der Waals surface area contributed by atoms with Crippen molar-refractivity contribution >= 4 is 27.3 Å². The molecule has 208 valence electrons. The molecule has 0 unspecified atom stereocenters. The number of benzene rings is 1. The van der Waals surface area contributed by atoms with Crippen LogP contribution in [0.4, 0.5) is 4.39 Å². The highest BCUT2D eigenvalue weighted by molar-refractivity contribution is 7.21. The van der Waals surface area contributed by atoms with Gasteiger partial charge in [0.25, 0.3) is 5.56 Å². The van der Waals surface area contributed by atoms with Crippen LogP contribution in [0.1, 0.15) is 59.1 Å². The van der Waals surface area contributed by atoms with E-state index in [1.165, 1.54) is 45.2 Å². The molecule has 9 nitrogen and oxygen atoms in total. The smallest absolute Gasteiger partial charge is 0.332 e. The maximum Gasteiger partial charge on any atom is 0.332 e. The number of carbonyl (C=O) groups is 1. The first-order valence-electron chi connectivity index (χ1n) is 13.0. The summed E-state index contributed by atoms with van der Waals surface area (Å²) in [6, 6.07) is 4.31. The number of hydrogen-bond donors (Lipinski definition) is 0. The topological polar surface area (TPSA) is 101 Å². The van der Waals surface area contributed by atoms with Gasteiger partial charge in [-0.3, -0.25) is 14.2 Å². The van der Waals surface area contributed by atoms with Gasteiger partial charge in [-0.1, -0.05) is 25.2 Å². The lowest BCUT2D eigenvalue weighted by atomic mass is 9.91. The molecule has 0 aliphatic rings. The van der Waals surface area contributed by atoms with E-state index in [-0.39, 0.29) is 37.2 Å². The van der Waals surface area contributed by atoms with Crippen LogP contribution in [0, 0.1) is 18.7 Å². The molecule has 4 rings (SSSR count). The standard InChI is InChI=1S/C28H34FN5O4S/c1-16(2)14-22(35)28(6,7)33-24(36)23-18(5)25(34-30-11-12-31-34)39-26(23)32(27(33)37)13-10-19-15-20(29)8-9-21(19)38-17(3)4/h8-9,11-12,15-17H,10,13-14H2,1-7H3. The number of Topliss-reactive ketones (excluding diaryl/α,β-unsaturated/α-hetero) is 1. The summed E-state index contributed by atoms with van der Waals surface area (Å²) in [6.45, 7) is 12.7. The van der Waals surface area contributed by atoms with Crippen molar-refractivity contribution in [1.82, 2.24) is 24.1 Å². The van der Waals surface area contributed by atoms with Gasteiger partial charge in [0.05, 0.1) is 23.9 Å². The number of fused-ring (bicyclic) bond motifs is 1. The third-order valence-electron chi connectivity index (χ3n) is 6.61. The van der Waals surface area contributed by atoms with E-state index in [9.17, 15) is 18.8 Å². The molecule has 3 heterocycles. The first-order valence-corrected chi connectivity index (χ1v) is 13.8. The predicted molar refractivity (Wildman–Crippen MR) is 150 cm³/mol. The minimum Gasteiger partial charge on any atom is -0.491 e. The van der Waals surface area contributed by atoms with Gasteiger partial charge in [0.15, 0.2) is 5.78 Å². The molecule has 0 aliphatic heterocycles. The molecule has 39 heavy (non-hydrogen) atoms. The Morgan fingerprint density at radius 3 is 2.41 bits per heavy atom. The van der Waals surface area contributed by atoms with E-state index in [0.29, 0.717) is 32.1 Å². The number of thiophene rings is 1. The molecule has 0 fully saturated rings. The van der Waals surface area contributed by atoms with Crippen LogP contribution in [-0.2, 0) is 23.3 Å². The fraction of sp³-hybridized carbons (Fsp3) is 0.464. The second-order valence-corrected chi connectivity index (χ2v) is 11.8. The minimum absolute atomic E-state index is 0.0613. The van der Waals surface area contributed by atoms with Crippen LogP contribution in [-0.4, -0.2) is 36.0 Å². The molecular formula is C28H34FN5O4S. The van der Waals surface area contributed by atoms with Crippen LogP contribution in [0.5, 0.6) is 5.75 Å². The van der Waals surface area contributed by atoms with Gasteiger partial charge in [0.1, 0.15) is 26.9 Å². The van der Waals surface area contributed by atoms with Crippen molar-refractivity contribution in [2.45, 2.75) is 79.5 Å². The Balaban J connectivity index is 1.94. The summed E-state index contributed by atoms with van der Waals surface area (Å²) in [5.41, 5.74) is -1.30. The van der Waals surface area contributed by atoms with Crippen molar-refractivity contribution in [3.05, 3.63) is 68.4 Å². The van der Waals surface area contributed by atoms with Gasteiger partial charge in [-0.15, -0.1) is 4.80 Å². The zero-order valence-electron chi connectivity index (χ0n) is 23.3. The Kier molecular flexibility index (Phi) is 7.92. The van der Waals surface area contributed by atoms with Crippen LogP contribution >= 0.6 is 11.3 Å². The average Bonchev–Trinajstić information content (AvgIpc) is 3.48. The van der Waals surface area contributed by atoms with Crippen LogP contribution in [0.15, 0.2) is 40.2 Å². The molecule has 3 aromatic heterocycles. The van der Waals surface area contributed by atoms with Crippen molar-refractivity contribution in [3.63, 3.8) is 0 Å². The van der Waals surface area contributed by atoms with Crippen LogP contribution in [0.25, 0.3) is 15.2 Å². The Hall–Kier alpha value is -3.60. The van der Waals surface area contributed by atoms with Crippen molar-refractivity contribution in [3.8, 4) is 10.8 Å². The lowest BCUT2D eigenvalue weighted by Crippen LogP contribution is -2.52. The molecule has 0 saturated heterocycles. The molecule has 11 heteroatoms. The molecule has 0 radical (unpaired) electrons. The van der Waals surface area contributed by atoms with Crippen LogP contribution in [0.3, 0.4) is 0 Å². The summed E-state index contributed by atoms with van der Waals surface area (Å²) in [6.07, 6.45) is 3.43. The normalized spacial score (nSPS) is 12.2. The summed E-state index contributed by atoms with van der Waals surface area (Å²) in [7, 11) is 0. The number of aromatic nitrogens is 5. The molecular weight excluding hydrogens is 521 g/mol. The van der Waals surface area contributed by atoms with E-state index in [1.807, 2.05) is 27.7 Å². The zero-order chi connectivity index (χ0) is 28.6. The summed E-state index contributed by atoms with van der Waals surface area (Å²) < 4.78 is 22.6. The number of nitrogens with zero attached hydrogens (tertiary/aromatic N) is 5. The van der Waals surface area contributed by atoms with E-state index < -0.39 is 22.6 Å². The highest BCUT2D eigenvalue weighted by atomic mass is 32.1. The molecule has 0 amide bonds. The van der Waals surface area contributed by atoms with Crippen molar-refractivity contribution in [2.24, 2.45) is 5.92 Å². The fourth-order valence-electron chi connectivity index (χ4n) is 4.63. The van der Waals surface area contributed by atoms with Gasteiger partial charge < -0.3 is 4.74 Å². The predicted octanol–water partition coefficient (Wildman–Crippen LogP) is 4.63. The summed E-state index contributed by atoms with van der Waals surface area (Å²) >= 11 is 1.23. The van der Waals surface area contributed by atoms with Gasteiger partial charge in [0.2, 0.25) is 0 Å². The Morgan fingerprint density at radius 2 is 1.79 bits per heavy atom. The van der Waals surface area contributed by atoms with Gasteiger partial charge >= 0.3 is 5.69 Å². The fourth-order valence-corrected chi connectivity index (χ4v) is 5.86. The summed E-state index contributed by atoms with van der Waals surface area (Å²) in [5.74, 6) is -0.0309. The highest BCUT2D eigenvalue weighted by Gasteiger charge is 2.35. The van der Waals surface area contributed by atoms with Crippen molar-refractivity contribution in [2.75, 3.05) is 0 Å². The third-order valence-corrected chi connectivity index (χ3v) is 7.89. The number of halogens is 1. The largest absolute Gasteiger partial charge is 0.491 e. The third kappa shape index (κ3) is 5.45. The molecule has 0 N–H and O–H groups in total. The molecule has 0 atom stereocenters. The quantitative estimate of drug-likeness (QED) is 0.283. The van der Waals surface area contributed by atoms with Crippen molar-refractivity contribution < 1.29 is 13.9 Å². The Morgan fingerprint density at radius 1 is 1.13 bits per heavy atom. The van der Waals surface area contributed by atoms with Crippen LogP contribution < -0.4 is 16.0 Å². The van der Waals surface area contributed by atoms with E-state index in [0.717, 1.165) is 4.57 Å². The molecule has 1 aromatic carbocycles. The minimum atomic E-state index is -1.38. The van der Waals surface area contributed by atoms with E-state index in [1.54, 1.807) is 26.8 Å². The van der Waals surface area contributed by atoms with Gasteiger partial charge in [-0.05, 0) is 70.7 Å². The molecule has 0 bridgehead atoms. The Labute approximate surface area is 229 Å². The van der Waals surface area contributed by atoms with Crippen molar-refractivity contribution in [1.29, 1.82) is 0 Å². The lowest BCUT2D eigenvalue weighted by Gasteiger charge is -2.27. The summed E-state index contributed by atoms with van der Waals surface area (Å²) in [4.78, 5) is 43.1. The van der Waals surface area contributed by atoms with Gasteiger partial charge in [-0.2, -0.15) is 10.2 Å². The molecule has 4 aromatic rings. The van der Waals surface area contributed by atoms with Crippen LogP contribution in [0.2, 0.25) is 0 Å². The SMILES string of the molecule is Cc1c(-n2nccn2)sc2c1c(=O)n(C(C)(C)C(=O)CC(C)C)c(=O)n2CCc1cc(F)ccc1OC(C)C. The highest BCUT2D eigenvalue weighted by Crippen LogP contribution is 2.31. The number of carbonyl (C=O) groups excluding carboxylic acids is 1. The Bertz CT molecular complexity index is 1630. The first-order chi connectivity index (χ1) is 18.3. The number of hydrogen-bond acceptors (Lipinski definition) is 7. The van der Waals surface area contributed by atoms with E-state index in [2.05, 4.69) is 10.2 Å². The average molecular weight is 556 g/mol. The maximum absolute atomic E-state index is 14.2. The summed E-state index contributed by atoms with van der Waals surface area (Å²) in [5, 5.41) is 9.34. The zero-order valence-corrected chi connectivity index (χ0v) is 24.1. The lowest BCUT2D eigenvalue weighted by molar-refractivity contribution is -0.127. The molecule has 0 aliphatic carbocycles. The van der Waals surface area contributed by atoms with Gasteiger partial charge in [-0.25, -0.2) is 13.8 Å². The molecule has 0 saturated carbocycles. The van der Waals surface area contributed by atoms with E-state index >= 15 is 0 Å².